The Labute approximate surface area is 379 Å². The minimum Gasteiger partial charge on any atom is -1.00 e. The Hall–Kier alpha value is -2.74. The third kappa shape index (κ3) is 18.3. The number of hydrogen-bond acceptors (Lipinski definition) is 2. The molecule has 4 rings (SSSR count). The lowest BCUT2D eigenvalue weighted by atomic mass is 10.1. The van der Waals surface area contributed by atoms with Crippen LogP contribution in [0, 0.1) is 0 Å². The summed E-state index contributed by atoms with van der Waals surface area (Å²) in [5.74, 6) is 0.384. The highest BCUT2D eigenvalue weighted by atomic mass is 35.5. The highest BCUT2D eigenvalue weighted by Gasteiger charge is 2.45. The molecule has 0 spiro atoms. The fourth-order valence-corrected chi connectivity index (χ4v) is 16.9. The minimum absolute atomic E-state index is 0. The van der Waals surface area contributed by atoms with Crippen molar-refractivity contribution in [3.05, 3.63) is 121 Å². The summed E-state index contributed by atoms with van der Waals surface area (Å²) in [6, 6.07) is 43.6. The first-order chi connectivity index (χ1) is 28.5. The summed E-state index contributed by atoms with van der Waals surface area (Å²) in [4.78, 5) is 27.6. The minimum atomic E-state index is -2.01. The van der Waals surface area contributed by atoms with E-state index >= 15 is 0 Å². The number of amides is 2. The zero-order valence-electron chi connectivity index (χ0n) is 37.0. The normalized spacial score (nSPS) is 11.3. The first kappa shape index (κ1) is 53.4. The van der Waals surface area contributed by atoms with Gasteiger partial charge in [0.05, 0.1) is 48.1 Å². The van der Waals surface area contributed by atoms with Crippen LogP contribution in [0.4, 0.5) is 0 Å². The van der Waals surface area contributed by atoms with Crippen LogP contribution in [0.1, 0.15) is 129 Å². The number of unbranched alkanes of at least 4 members (excludes halogenated alkanes) is 15. The molecule has 60 heavy (non-hydrogen) atoms. The molecule has 4 nitrogen and oxygen atoms in total. The van der Waals surface area contributed by atoms with E-state index in [0.29, 0.717) is 12.3 Å². The van der Waals surface area contributed by atoms with Crippen molar-refractivity contribution in [3.8, 4) is 0 Å². The van der Waals surface area contributed by atoms with Gasteiger partial charge < -0.3 is 35.4 Å². The van der Waals surface area contributed by atoms with E-state index in [1.54, 1.807) is 0 Å². The number of rotatable bonds is 31. The molecule has 330 valence electrons. The second kappa shape index (κ2) is 32.0. The van der Waals surface area contributed by atoms with Crippen LogP contribution in [0.15, 0.2) is 121 Å². The van der Waals surface area contributed by atoms with Gasteiger partial charge in [-0.3, -0.25) is 9.59 Å². The first-order valence-corrected chi connectivity index (χ1v) is 27.4. The average molecular weight is 894 g/mol. The number of carbonyl (C=O) groups is 2. The lowest BCUT2D eigenvalue weighted by Gasteiger charge is -2.28. The molecule has 0 radical (unpaired) electrons. The highest BCUT2D eigenvalue weighted by molar-refractivity contribution is 7.90. The number of benzene rings is 4. The maximum atomic E-state index is 13.8. The zero-order chi connectivity index (χ0) is 41.0. The van der Waals surface area contributed by atoms with Gasteiger partial charge in [-0.25, -0.2) is 0 Å². The Balaban J connectivity index is 0.00000620. The maximum Gasteiger partial charge on any atom is 0.258 e. The molecule has 2 N–H and O–H groups in total. The molecule has 0 aromatic heterocycles. The van der Waals surface area contributed by atoms with E-state index in [9.17, 15) is 9.59 Å². The van der Waals surface area contributed by atoms with Gasteiger partial charge >= 0.3 is 0 Å². The Morgan fingerprint density at radius 3 is 0.900 bits per heavy atom. The monoisotopic (exact) mass is 892 g/mol. The molecule has 0 heterocycles. The van der Waals surface area contributed by atoms with Gasteiger partial charge in [0.2, 0.25) is 0 Å². The summed E-state index contributed by atoms with van der Waals surface area (Å²) >= 11 is 0. The van der Waals surface area contributed by atoms with Gasteiger partial charge in [0, 0.05) is 13.1 Å². The van der Waals surface area contributed by atoms with Gasteiger partial charge in [0.15, 0.2) is 0 Å². The molecular formula is C52H76Cl2N2O2P2. The van der Waals surface area contributed by atoms with Crippen LogP contribution in [-0.2, 0) is 9.59 Å². The van der Waals surface area contributed by atoms with E-state index in [2.05, 4.69) is 146 Å². The summed E-state index contributed by atoms with van der Waals surface area (Å²) in [6.07, 6.45) is 24.9. The topological polar surface area (TPSA) is 58.2 Å². The van der Waals surface area contributed by atoms with Crippen molar-refractivity contribution < 1.29 is 34.4 Å². The van der Waals surface area contributed by atoms with Crippen molar-refractivity contribution in [1.29, 1.82) is 0 Å². The average Bonchev–Trinajstić information content (AvgIpc) is 3.27. The zero-order valence-corrected chi connectivity index (χ0v) is 40.3. The van der Waals surface area contributed by atoms with Crippen LogP contribution in [-0.4, -0.2) is 49.6 Å². The van der Waals surface area contributed by atoms with Crippen LogP contribution >= 0.6 is 14.5 Å². The highest BCUT2D eigenvalue weighted by Crippen LogP contribution is 2.58. The fraction of sp³-hybridized carbons (Fsp3) is 0.500. The van der Waals surface area contributed by atoms with Crippen LogP contribution < -0.4 is 56.7 Å². The summed E-state index contributed by atoms with van der Waals surface area (Å²) in [5.41, 5.74) is 0. The van der Waals surface area contributed by atoms with Crippen LogP contribution in [0.2, 0.25) is 0 Å². The number of hydrogen-bond donors (Lipinski definition) is 2. The number of nitrogens with one attached hydrogen (secondary N) is 2. The summed E-state index contributed by atoms with van der Waals surface area (Å²) in [6.45, 7) is 6.05. The van der Waals surface area contributed by atoms with E-state index in [-0.39, 0.29) is 36.6 Å². The van der Waals surface area contributed by atoms with E-state index in [0.717, 1.165) is 63.9 Å². The molecule has 2 amide bonds. The largest absolute Gasteiger partial charge is 1.00 e. The van der Waals surface area contributed by atoms with Gasteiger partial charge in [0.25, 0.3) is 11.8 Å². The van der Waals surface area contributed by atoms with Crippen molar-refractivity contribution in [2.75, 3.05) is 37.7 Å². The summed E-state index contributed by atoms with van der Waals surface area (Å²) < 4.78 is 0. The summed E-state index contributed by atoms with van der Waals surface area (Å²) in [7, 11) is -4.02. The molecule has 4 aromatic rings. The van der Waals surface area contributed by atoms with Crippen molar-refractivity contribution in [3.63, 3.8) is 0 Å². The van der Waals surface area contributed by atoms with E-state index in [1.807, 2.05) is 0 Å². The molecular weight excluding hydrogens is 817 g/mol. The molecule has 0 unspecified atom stereocenters. The van der Waals surface area contributed by atoms with E-state index in [1.165, 1.54) is 98.3 Å². The lowest BCUT2D eigenvalue weighted by molar-refractivity contribution is -0.119. The van der Waals surface area contributed by atoms with Crippen LogP contribution in [0.25, 0.3) is 0 Å². The lowest BCUT2D eigenvalue weighted by Crippen LogP contribution is -3.00. The molecule has 0 fully saturated rings. The molecule has 0 aliphatic rings. The molecule has 0 atom stereocenters. The maximum absolute atomic E-state index is 13.8. The third-order valence-corrected chi connectivity index (χ3v) is 20.8. The Bertz CT molecular complexity index is 1460. The van der Waals surface area contributed by atoms with E-state index in [4.69, 9.17) is 0 Å². The molecule has 4 aromatic carbocycles. The van der Waals surface area contributed by atoms with E-state index < -0.39 is 14.5 Å². The Morgan fingerprint density at radius 1 is 0.367 bits per heavy atom. The predicted molar refractivity (Wildman–Crippen MR) is 258 cm³/mol. The molecule has 0 saturated carbocycles. The van der Waals surface area contributed by atoms with Crippen LogP contribution in [0.3, 0.4) is 0 Å². The van der Waals surface area contributed by atoms with Crippen molar-refractivity contribution >= 4 is 47.6 Å². The van der Waals surface area contributed by atoms with Gasteiger partial charge in [-0.15, -0.1) is 0 Å². The molecule has 0 bridgehead atoms. The van der Waals surface area contributed by atoms with Gasteiger partial charge in [0.1, 0.15) is 12.3 Å². The first-order valence-electron chi connectivity index (χ1n) is 23.0. The second-order valence-electron chi connectivity index (χ2n) is 16.4. The SMILES string of the molecule is CCCCCCCCCNC(=O)C[P+](CCCCCC[P+](CC(=O)NCCCCCCCCC)(c1ccccc1)c1ccccc1)(c1ccccc1)c1ccccc1.[Cl-].[Cl-]. The second-order valence-corrected chi connectivity index (χ2v) is 23.9. The van der Waals surface area contributed by atoms with Crippen molar-refractivity contribution in [1.82, 2.24) is 10.6 Å². The third-order valence-electron chi connectivity index (χ3n) is 11.9. The Morgan fingerprint density at radius 2 is 0.617 bits per heavy atom. The number of carbonyl (C=O) groups excluding carboxylic acids is 2. The van der Waals surface area contributed by atoms with Gasteiger partial charge in [-0.1, -0.05) is 164 Å². The summed E-state index contributed by atoms with van der Waals surface area (Å²) in [5, 5.41) is 12.0. The quantitative estimate of drug-likeness (QED) is 0.0510. The predicted octanol–water partition coefficient (Wildman–Crippen LogP) is 5.63. The van der Waals surface area contributed by atoms with Crippen LogP contribution in [0.5, 0.6) is 0 Å². The van der Waals surface area contributed by atoms with Gasteiger partial charge in [-0.2, -0.15) is 0 Å². The van der Waals surface area contributed by atoms with Crippen molar-refractivity contribution in [2.24, 2.45) is 0 Å². The standard InChI is InChI=1S/C52H74N2O2P2.2ClH/c1-3-5-7-9-11-13-29-41-53-51(55)45-57(47-33-21-17-22-34-47,48-35-23-18-24-36-48)43-31-15-16-32-44-58(49-37-25-19-26-38-49,50-39-27-20-28-40-50)46-52(56)54-42-30-14-12-10-8-6-4-2;;/h17-28,33-40H,3-16,29-32,41-46H2,1-2H3;2*1H. The van der Waals surface area contributed by atoms with Crippen molar-refractivity contribution in [2.45, 2.75) is 129 Å². The number of halogens is 2. The fourth-order valence-electron chi connectivity index (χ4n) is 8.53. The molecule has 8 heteroatoms. The Kier molecular flexibility index (Phi) is 28.5. The van der Waals surface area contributed by atoms with Gasteiger partial charge in [-0.05, 0) is 87.1 Å². The molecule has 0 saturated heterocycles. The molecule has 0 aliphatic heterocycles. The smallest absolute Gasteiger partial charge is 0.258 e. The molecule has 0 aliphatic carbocycles.